The lowest BCUT2D eigenvalue weighted by Gasteiger charge is -2.15. The molecule has 18 heavy (non-hydrogen) atoms. The number of nitrogens with zero attached hydrogens (tertiary/aromatic N) is 3. The molecule has 1 amide bonds. The lowest BCUT2D eigenvalue weighted by Crippen LogP contribution is -2.32. The summed E-state index contributed by atoms with van der Waals surface area (Å²) in [4.78, 5) is 15.7. The summed E-state index contributed by atoms with van der Waals surface area (Å²) < 4.78 is 1.56. The van der Waals surface area contributed by atoms with Crippen molar-refractivity contribution in [1.29, 1.82) is 0 Å². The van der Waals surface area contributed by atoms with Crippen molar-refractivity contribution in [3.63, 3.8) is 0 Å². The fourth-order valence-corrected chi connectivity index (χ4v) is 2.16. The summed E-state index contributed by atoms with van der Waals surface area (Å²) in [5, 5.41) is 6.92. The maximum atomic E-state index is 11.9. The molecule has 1 aromatic rings. The highest BCUT2D eigenvalue weighted by molar-refractivity contribution is 5.79. The second-order valence-corrected chi connectivity index (χ2v) is 4.70. The molecule has 1 aliphatic carbocycles. The first-order valence-electron chi connectivity index (χ1n) is 6.57. The number of allylic oxidation sites excluding steroid dienone is 1. The van der Waals surface area contributed by atoms with E-state index in [0.717, 1.165) is 6.42 Å². The Morgan fingerprint density at radius 2 is 2.44 bits per heavy atom. The fraction of sp³-hybridized carbons (Fsp3) is 0.615. The minimum atomic E-state index is -0.298. The molecule has 0 aromatic carbocycles. The predicted molar refractivity (Wildman–Crippen MR) is 68.9 cm³/mol. The molecule has 0 aliphatic heterocycles. The van der Waals surface area contributed by atoms with Gasteiger partial charge in [-0.3, -0.25) is 4.79 Å². The first kappa shape index (κ1) is 12.8. The average Bonchev–Trinajstić information content (AvgIpc) is 2.93. The minimum absolute atomic E-state index is 0.00286. The second kappa shape index (κ2) is 6.33. The Bertz CT molecular complexity index is 411. The zero-order chi connectivity index (χ0) is 12.8. The number of carbonyl (C=O) groups excluding carboxylic acids is 1. The molecule has 1 N–H and O–H groups in total. The van der Waals surface area contributed by atoms with E-state index in [4.69, 9.17) is 0 Å². The Kier molecular flexibility index (Phi) is 4.50. The maximum Gasteiger partial charge on any atom is 0.244 e. The van der Waals surface area contributed by atoms with Crippen molar-refractivity contribution in [1.82, 2.24) is 20.1 Å². The van der Waals surface area contributed by atoms with E-state index >= 15 is 0 Å². The summed E-state index contributed by atoms with van der Waals surface area (Å²) in [7, 11) is 0. The van der Waals surface area contributed by atoms with Crippen LogP contribution in [0.15, 0.2) is 24.3 Å². The summed E-state index contributed by atoms with van der Waals surface area (Å²) in [6.45, 7) is 2.54. The number of hydrogen-bond acceptors (Lipinski definition) is 3. The van der Waals surface area contributed by atoms with Crippen LogP contribution in [0.3, 0.4) is 0 Å². The van der Waals surface area contributed by atoms with Crippen LogP contribution in [0.4, 0.5) is 0 Å². The third kappa shape index (κ3) is 3.42. The first-order chi connectivity index (χ1) is 8.77. The standard InChI is InChI=1S/C13H20N4O/c1-11(17-10-14-9-16-17)13(18)15-8-7-12-5-3-2-4-6-12/h5,9-11H,2-4,6-8H2,1H3,(H,15,18)/t11-/m0/s1. The Hall–Kier alpha value is -1.65. The highest BCUT2D eigenvalue weighted by atomic mass is 16.2. The number of aromatic nitrogens is 3. The molecule has 0 spiro atoms. The quantitative estimate of drug-likeness (QED) is 0.809. The van der Waals surface area contributed by atoms with E-state index in [-0.39, 0.29) is 11.9 Å². The van der Waals surface area contributed by atoms with Crippen LogP contribution in [0.1, 0.15) is 45.1 Å². The molecule has 5 nitrogen and oxygen atoms in total. The Labute approximate surface area is 107 Å². The van der Waals surface area contributed by atoms with Gasteiger partial charge in [-0.15, -0.1) is 0 Å². The van der Waals surface area contributed by atoms with Crippen molar-refractivity contribution in [2.24, 2.45) is 0 Å². The number of rotatable bonds is 5. The van der Waals surface area contributed by atoms with Gasteiger partial charge in [0.25, 0.3) is 0 Å². The molecule has 0 saturated heterocycles. The molecule has 2 rings (SSSR count). The zero-order valence-electron chi connectivity index (χ0n) is 10.8. The van der Waals surface area contributed by atoms with Crippen LogP contribution in [0.2, 0.25) is 0 Å². The molecule has 0 radical (unpaired) electrons. The second-order valence-electron chi connectivity index (χ2n) is 4.70. The predicted octanol–water partition coefficient (Wildman–Crippen LogP) is 1.85. The molecule has 0 unspecified atom stereocenters. The van der Waals surface area contributed by atoms with E-state index in [0.29, 0.717) is 6.54 Å². The summed E-state index contributed by atoms with van der Waals surface area (Å²) in [6, 6.07) is -0.298. The monoisotopic (exact) mass is 248 g/mol. The number of amides is 1. The van der Waals surface area contributed by atoms with Crippen LogP contribution >= 0.6 is 0 Å². The number of nitrogens with one attached hydrogen (secondary N) is 1. The van der Waals surface area contributed by atoms with Crippen molar-refractivity contribution in [3.05, 3.63) is 24.3 Å². The fourth-order valence-electron chi connectivity index (χ4n) is 2.16. The van der Waals surface area contributed by atoms with Crippen molar-refractivity contribution in [2.45, 2.75) is 45.1 Å². The number of carbonyl (C=O) groups is 1. The van der Waals surface area contributed by atoms with Crippen LogP contribution in [0.5, 0.6) is 0 Å². The average molecular weight is 248 g/mol. The van der Waals surface area contributed by atoms with Gasteiger partial charge in [0, 0.05) is 6.54 Å². The molecular weight excluding hydrogens is 228 g/mol. The smallest absolute Gasteiger partial charge is 0.244 e. The Morgan fingerprint density at radius 1 is 1.56 bits per heavy atom. The third-order valence-electron chi connectivity index (χ3n) is 3.34. The highest BCUT2D eigenvalue weighted by Crippen LogP contribution is 2.19. The van der Waals surface area contributed by atoms with E-state index in [9.17, 15) is 4.79 Å². The topological polar surface area (TPSA) is 59.8 Å². The van der Waals surface area contributed by atoms with Gasteiger partial charge in [-0.05, 0) is 39.0 Å². The molecule has 1 atom stereocenters. The maximum absolute atomic E-state index is 11.9. The SMILES string of the molecule is C[C@@H](C(=O)NCCC1=CCCCC1)n1cncn1. The molecule has 1 aromatic heterocycles. The van der Waals surface area contributed by atoms with Gasteiger partial charge in [-0.1, -0.05) is 11.6 Å². The third-order valence-corrected chi connectivity index (χ3v) is 3.34. The van der Waals surface area contributed by atoms with E-state index < -0.39 is 0 Å². The summed E-state index contributed by atoms with van der Waals surface area (Å²) in [5.41, 5.74) is 1.48. The van der Waals surface area contributed by atoms with Crippen molar-refractivity contribution < 1.29 is 4.79 Å². The number of hydrogen-bond donors (Lipinski definition) is 1. The van der Waals surface area contributed by atoms with Gasteiger partial charge in [-0.2, -0.15) is 5.10 Å². The van der Waals surface area contributed by atoms with Crippen molar-refractivity contribution in [2.75, 3.05) is 6.54 Å². The molecule has 0 saturated carbocycles. The van der Waals surface area contributed by atoms with Gasteiger partial charge in [0.1, 0.15) is 18.7 Å². The lowest BCUT2D eigenvalue weighted by molar-refractivity contribution is -0.124. The van der Waals surface area contributed by atoms with Crippen molar-refractivity contribution >= 4 is 5.91 Å². The summed E-state index contributed by atoms with van der Waals surface area (Å²) in [5.74, 6) is -0.00286. The van der Waals surface area contributed by atoms with Gasteiger partial charge < -0.3 is 5.32 Å². The van der Waals surface area contributed by atoms with E-state index in [1.807, 2.05) is 6.92 Å². The van der Waals surface area contributed by atoms with Crippen LogP contribution in [0, 0.1) is 0 Å². The molecular formula is C13H20N4O. The molecule has 0 fully saturated rings. The van der Waals surface area contributed by atoms with Gasteiger partial charge in [0.05, 0.1) is 0 Å². The van der Waals surface area contributed by atoms with Gasteiger partial charge >= 0.3 is 0 Å². The molecule has 98 valence electrons. The molecule has 5 heteroatoms. The molecule has 0 bridgehead atoms. The van der Waals surface area contributed by atoms with Crippen LogP contribution in [0.25, 0.3) is 0 Å². The van der Waals surface area contributed by atoms with Gasteiger partial charge in [-0.25, -0.2) is 9.67 Å². The normalized spacial score (nSPS) is 17.1. The van der Waals surface area contributed by atoms with Crippen LogP contribution in [-0.2, 0) is 4.79 Å². The highest BCUT2D eigenvalue weighted by Gasteiger charge is 2.14. The zero-order valence-corrected chi connectivity index (χ0v) is 10.8. The van der Waals surface area contributed by atoms with E-state index in [2.05, 4.69) is 21.5 Å². The van der Waals surface area contributed by atoms with E-state index in [1.165, 1.54) is 37.6 Å². The summed E-state index contributed by atoms with van der Waals surface area (Å²) >= 11 is 0. The molecule has 1 aliphatic rings. The minimum Gasteiger partial charge on any atom is -0.354 e. The van der Waals surface area contributed by atoms with Crippen molar-refractivity contribution in [3.8, 4) is 0 Å². The first-order valence-corrected chi connectivity index (χ1v) is 6.57. The van der Waals surface area contributed by atoms with Crippen LogP contribution in [-0.4, -0.2) is 27.2 Å². The Morgan fingerprint density at radius 3 is 3.11 bits per heavy atom. The summed E-state index contributed by atoms with van der Waals surface area (Å²) in [6.07, 6.45) is 11.3. The Balaban J connectivity index is 1.73. The lowest BCUT2D eigenvalue weighted by atomic mass is 9.97. The van der Waals surface area contributed by atoms with Crippen LogP contribution < -0.4 is 5.32 Å². The molecule has 1 heterocycles. The van der Waals surface area contributed by atoms with Gasteiger partial charge in [0.15, 0.2) is 0 Å². The van der Waals surface area contributed by atoms with E-state index in [1.54, 1.807) is 11.0 Å². The largest absolute Gasteiger partial charge is 0.354 e. The van der Waals surface area contributed by atoms with Gasteiger partial charge in [0.2, 0.25) is 5.91 Å².